The minimum Gasteiger partial charge on any atom is -0.497 e. The van der Waals surface area contributed by atoms with E-state index in [1.807, 2.05) is 12.1 Å². The normalized spacial score (nSPS) is 12.4. The molecule has 0 fully saturated rings. The van der Waals surface area contributed by atoms with Crippen LogP contribution < -0.4 is 10.1 Å². The van der Waals surface area contributed by atoms with Crippen LogP contribution in [0, 0.1) is 0 Å². The maximum Gasteiger partial charge on any atom is 0.118 e. The van der Waals surface area contributed by atoms with Crippen molar-refractivity contribution in [2.45, 2.75) is 12.5 Å². The molecule has 0 aliphatic heterocycles. The van der Waals surface area contributed by atoms with Crippen LogP contribution >= 0.6 is 11.6 Å². The third kappa shape index (κ3) is 5.39. The molecule has 0 amide bonds. The predicted octanol–water partition coefficient (Wildman–Crippen LogP) is 2.08. The minimum atomic E-state index is 0.222. The van der Waals surface area contributed by atoms with Gasteiger partial charge in [-0.15, -0.1) is 11.6 Å². The molecule has 0 radical (unpaired) electrons. The summed E-state index contributed by atoms with van der Waals surface area (Å²) in [4.78, 5) is 0. The van der Waals surface area contributed by atoms with Gasteiger partial charge in [0, 0.05) is 19.0 Å². The number of halogens is 1. The lowest BCUT2D eigenvalue weighted by Gasteiger charge is -2.14. The number of methoxy groups -OCH3 is 2. The summed E-state index contributed by atoms with van der Waals surface area (Å²) in [5, 5.41) is 3.36. The molecule has 0 aliphatic carbocycles. The van der Waals surface area contributed by atoms with Gasteiger partial charge in [-0.25, -0.2) is 0 Å². The van der Waals surface area contributed by atoms with Crippen LogP contribution in [0.3, 0.4) is 0 Å². The first kappa shape index (κ1) is 14.3. The first-order chi connectivity index (χ1) is 8.30. The van der Waals surface area contributed by atoms with E-state index in [0.29, 0.717) is 12.5 Å². The predicted molar refractivity (Wildman–Crippen MR) is 71.1 cm³/mol. The van der Waals surface area contributed by atoms with Crippen molar-refractivity contribution in [3.8, 4) is 5.75 Å². The molecule has 3 nitrogen and oxygen atoms in total. The smallest absolute Gasteiger partial charge is 0.118 e. The molecule has 1 N–H and O–H groups in total. The highest BCUT2D eigenvalue weighted by Gasteiger charge is 2.05. The minimum absolute atomic E-state index is 0.222. The second-order valence-electron chi connectivity index (χ2n) is 3.86. The largest absolute Gasteiger partial charge is 0.497 e. The highest BCUT2D eigenvalue weighted by Crippen LogP contribution is 2.11. The monoisotopic (exact) mass is 257 g/mol. The van der Waals surface area contributed by atoms with Crippen LogP contribution in [0.2, 0.25) is 0 Å². The highest BCUT2D eigenvalue weighted by atomic mass is 35.5. The van der Waals surface area contributed by atoms with Gasteiger partial charge in [-0.05, 0) is 30.7 Å². The van der Waals surface area contributed by atoms with Crippen molar-refractivity contribution in [3.05, 3.63) is 29.8 Å². The lowest BCUT2D eigenvalue weighted by Crippen LogP contribution is -2.36. The number of ether oxygens (including phenoxy) is 2. The Kier molecular flexibility index (Phi) is 7.01. The van der Waals surface area contributed by atoms with Crippen LogP contribution in [-0.4, -0.2) is 39.3 Å². The molecule has 1 atom stereocenters. The lowest BCUT2D eigenvalue weighted by atomic mass is 10.1. The number of hydrogen-bond acceptors (Lipinski definition) is 3. The molecule has 1 aromatic rings. The third-order valence-electron chi connectivity index (χ3n) is 2.56. The van der Waals surface area contributed by atoms with E-state index in [-0.39, 0.29) is 6.04 Å². The van der Waals surface area contributed by atoms with Gasteiger partial charge in [-0.1, -0.05) is 12.1 Å². The van der Waals surface area contributed by atoms with Gasteiger partial charge in [0.15, 0.2) is 0 Å². The van der Waals surface area contributed by atoms with Crippen LogP contribution in [0.1, 0.15) is 5.56 Å². The van der Waals surface area contributed by atoms with Gasteiger partial charge in [0.2, 0.25) is 0 Å². The summed E-state index contributed by atoms with van der Waals surface area (Å²) < 4.78 is 10.2. The molecule has 1 rings (SSSR count). The molecule has 17 heavy (non-hydrogen) atoms. The second-order valence-corrected chi connectivity index (χ2v) is 4.17. The van der Waals surface area contributed by atoms with Crippen molar-refractivity contribution in [1.29, 1.82) is 0 Å². The van der Waals surface area contributed by atoms with Crippen molar-refractivity contribution in [2.75, 3.05) is 33.3 Å². The fourth-order valence-electron chi connectivity index (χ4n) is 1.57. The second kappa shape index (κ2) is 8.34. The van der Waals surface area contributed by atoms with Gasteiger partial charge in [0.1, 0.15) is 5.75 Å². The molecule has 0 bridgehead atoms. The van der Waals surface area contributed by atoms with Crippen molar-refractivity contribution in [2.24, 2.45) is 0 Å². The quantitative estimate of drug-likeness (QED) is 0.724. The van der Waals surface area contributed by atoms with Crippen LogP contribution in [0.4, 0.5) is 0 Å². The van der Waals surface area contributed by atoms with Crippen LogP contribution in [0.25, 0.3) is 0 Å². The Hall–Kier alpha value is -0.770. The van der Waals surface area contributed by atoms with Gasteiger partial charge in [-0.2, -0.15) is 0 Å². The fourth-order valence-corrected chi connectivity index (χ4v) is 1.77. The summed E-state index contributed by atoms with van der Waals surface area (Å²) >= 11 is 5.81. The SMILES string of the molecule is COCC(CCl)NCCc1ccc(OC)cc1. The van der Waals surface area contributed by atoms with Crippen molar-refractivity contribution in [3.63, 3.8) is 0 Å². The Balaban J connectivity index is 2.29. The molecule has 0 saturated heterocycles. The fraction of sp³-hybridized carbons (Fsp3) is 0.538. The Bertz CT molecular complexity index is 303. The van der Waals surface area contributed by atoms with E-state index in [1.165, 1.54) is 5.56 Å². The molecule has 1 aromatic carbocycles. The topological polar surface area (TPSA) is 30.5 Å². The van der Waals surface area contributed by atoms with Crippen LogP contribution in [-0.2, 0) is 11.2 Å². The third-order valence-corrected chi connectivity index (χ3v) is 2.93. The summed E-state index contributed by atoms with van der Waals surface area (Å²) in [6, 6.07) is 8.33. The van der Waals surface area contributed by atoms with E-state index in [2.05, 4.69) is 17.4 Å². The van der Waals surface area contributed by atoms with Gasteiger partial charge in [0.05, 0.1) is 13.7 Å². The number of benzene rings is 1. The van der Waals surface area contributed by atoms with Gasteiger partial charge >= 0.3 is 0 Å². The van der Waals surface area contributed by atoms with Gasteiger partial charge in [0.25, 0.3) is 0 Å². The number of hydrogen-bond donors (Lipinski definition) is 1. The Morgan fingerprint density at radius 1 is 1.24 bits per heavy atom. The maximum absolute atomic E-state index is 5.81. The van der Waals surface area contributed by atoms with Crippen molar-refractivity contribution >= 4 is 11.6 Å². The van der Waals surface area contributed by atoms with E-state index >= 15 is 0 Å². The molecule has 96 valence electrons. The van der Waals surface area contributed by atoms with E-state index in [4.69, 9.17) is 21.1 Å². The summed E-state index contributed by atoms with van der Waals surface area (Å²) in [6.45, 7) is 1.54. The Labute approximate surface area is 108 Å². The maximum atomic E-state index is 5.81. The lowest BCUT2D eigenvalue weighted by molar-refractivity contribution is 0.173. The molecule has 0 aliphatic rings. The molecule has 4 heteroatoms. The van der Waals surface area contributed by atoms with E-state index in [1.54, 1.807) is 14.2 Å². The average molecular weight is 258 g/mol. The zero-order chi connectivity index (χ0) is 12.5. The zero-order valence-electron chi connectivity index (χ0n) is 10.4. The first-order valence-electron chi connectivity index (χ1n) is 5.71. The molecule has 0 heterocycles. The summed E-state index contributed by atoms with van der Waals surface area (Å²) in [5.41, 5.74) is 1.28. The number of alkyl halides is 1. The summed E-state index contributed by atoms with van der Waals surface area (Å²) in [5.74, 6) is 1.45. The van der Waals surface area contributed by atoms with Gasteiger partial charge < -0.3 is 14.8 Å². The first-order valence-corrected chi connectivity index (χ1v) is 6.24. The Morgan fingerprint density at radius 3 is 2.47 bits per heavy atom. The molecule has 0 saturated carbocycles. The average Bonchev–Trinajstić information content (AvgIpc) is 2.38. The molecular formula is C13H20ClNO2. The molecule has 0 aromatic heterocycles. The standard InChI is InChI=1S/C13H20ClNO2/c1-16-10-12(9-14)15-8-7-11-3-5-13(17-2)6-4-11/h3-6,12,15H,7-10H2,1-2H3. The molecule has 1 unspecified atom stereocenters. The zero-order valence-corrected chi connectivity index (χ0v) is 11.2. The number of nitrogens with one attached hydrogen (secondary N) is 1. The highest BCUT2D eigenvalue weighted by molar-refractivity contribution is 6.18. The van der Waals surface area contributed by atoms with Crippen LogP contribution in [0.15, 0.2) is 24.3 Å². The van der Waals surface area contributed by atoms with Crippen molar-refractivity contribution in [1.82, 2.24) is 5.32 Å². The molecular weight excluding hydrogens is 238 g/mol. The van der Waals surface area contributed by atoms with E-state index in [9.17, 15) is 0 Å². The van der Waals surface area contributed by atoms with Crippen molar-refractivity contribution < 1.29 is 9.47 Å². The number of rotatable bonds is 8. The van der Waals surface area contributed by atoms with Crippen LogP contribution in [0.5, 0.6) is 5.75 Å². The van der Waals surface area contributed by atoms with E-state index < -0.39 is 0 Å². The van der Waals surface area contributed by atoms with E-state index in [0.717, 1.165) is 18.7 Å². The summed E-state index contributed by atoms with van der Waals surface area (Å²) in [6.07, 6.45) is 0.973. The van der Waals surface area contributed by atoms with Gasteiger partial charge in [-0.3, -0.25) is 0 Å². The Morgan fingerprint density at radius 2 is 1.94 bits per heavy atom. The summed E-state index contributed by atoms with van der Waals surface area (Å²) in [7, 11) is 3.36. The molecule has 0 spiro atoms.